The predicted octanol–water partition coefficient (Wildman–Crippen LogP) is 3.83. The van der Waals surface area contributed by atoms with E-state index >= 15 is 0 Å². The molecule has 5 rings (SSSR count). The van der Waals surface area contributed by atoms with Gasteiger partial charge in [0.15, 0.2) is 0 Å². The Hall–Kier alpha value is -3.86. The molecule has 0 radical (unpaired) electrons. The van der Waals surface area contributed by atoms with E-state index in [1.807, 2.05) is 67.6 Å². The van der Waals surface area contributed by atoms with Crippen LogP contribution in [0.25, 0.3) is 22.2 Å². The number of carboxylic acid groups (broad SMARTS) is 1. The number of hydrogen-bond donors (Lipinski definition) is 1. The van der Waals surface area contributed by atoms with Crippen LogP contribution in [0.5, 0.6) is 0 Å². The molecular weight excluding hydrogens is 388 g/mol. The first-order valence-corrected chi connectivity index (χ1v) is 10.3. The van der Waals surface area contributed by atoms with E-state index in [1.165, 1.54) is 11.8 Å². The van der Waals surface area contributed by atoms with Crippen molar-refractivity contribution in [1.29, 1.82) is 0 Å². The third-order valence-electron chi connectivity index (χ3n) is 6.12. The van der Waals surface area contributed by atoms with E-state index in [0.29, 0.717) is 5.56 Å². The number of para-hydroxylation sites is 1. The number of benzene rings is 3. The second-order valence-electron chi connectivity index (χ2n) is 8.02. The van der Waals surface area contributed by atoms with Crippen molar-refractivity contribution < 1.29 is 14.7 Å². The standard InChI is InChI=1S/C26H22N2O3/c1-15-11-13-17(14-12-15)23-22(20-9-5-6-10-21(20)27-23)24-18-7-3-4-8-19(18)25(29)28(24)16(2)26(30)31/h3-14,16,24,27H,1-2H3,(H,30,31)/p-1/t16-,24+/m0/s1. The van der Waals surface area contributed by atoms with Gasteiger partial charge in [-0.3, -0.25) is 4.79 Å². The number of hydrogen-bond acceptors (Lipinski definition) is 3. The predicted molar refractivity (Wildman–Crippen MR) is 117 cm³/mol. The smallest absolute Gasteiger partial charge is 0.255 e. The Morgan fingerprint density at radius 2 is 1.68 bits per heavy atom. The van der Waals surface area contributed by atoms with E-state index in [0.717, 1.165) is 38.9 Å². The zero-order valence-electron chi connectivity index (χ0n) is 17.3. The highest BCUT2D eigenvalue weighted by Crippen LogP contribution is 2.46. The van der Waals surface area contributed by atoms with Gasteiger partial charge in [-0.15, -0.1) is 0 Å². The summed E-state index contributed by atoms with van der Waals surface area (Å²) < 4.78 is 0. The number of nitrogens with one attached hydrogen (secondary N) is 1. The SMILES string of the molecule is Cc1ccc(-c2[nH]c3ccccc3c2[C@H]2c3ccccc3C(=O)N2[C@@H](C)C(=O)[O-])cc1. The van der Waals surface area contributed by atoms with E-state index in [-0.39, 0.29) is 5.91 Å². The Balaban J connectivity index is 1.82. The van der Waals surface area contributed by atoms with E-state index < -0.39 is 18.1 Å². The second kappa shape index (κ2) is 7.13. The van der Waals surface area contributed by atoms with Crippen molar-refractivity contribution in [3.05, 3.63) is 95.1 Å². The lowest BCUT2D eigenvalue weighted by molar-refractivity contribution is -0.310. The first-order chi connectivity index (χ1) is 15.0. The number of aliphatic carboxylic acids is 1. The quantitative estimate of drug-likeness (QED) is 0.557. The molecule has 31 heavy (non-hydrogen) atoms. The van der Waals surface area contributed by atoms with Crippen LogP contribution in [0.1, 0.15) is 40.0 Å². The molecule has 5 heteroatoms. The fourth-order valence-corrected chi connectivity index (χ4v) is 4.54. The fraction of sp³-hybridized carbons (Fsp3) is 0.154. The lowest BCUT2D eigenvalue weighted by atomic mass is 9.92. The van der Waals surface area contributed by atoms with Gasteiger partial charge in [0.2, 0.25) is 0 Å². The van der Waals surface area contributed by atoms with E-state index in [1.54, 1.807) is 12.1 Å². The molecule has 1 amide bonds. The maximum Gasteiger partial charge on any atom is 0.255 e. The first kappa shape index (κ1) is 19.1. The summed E-state index contributed by atoms with van der Waals surface area (Å²) in [5.74, 6) is -1.57. The fourth-order valence-electron chi connectivity index (χ4n) is 4.54. The summed E-state index contributed by atoms with van der Waals surface area (Å²) in [4.78, 5) is 30.1. The second-order valence-corrected chi connectivity index (χ2v) is 8.02. The van der Waals surface area contributed by atoms with E-state index in [9.17, 15) is 14.7 Å². The van der Waals surface area contributed by atoms with Crippen molar-refractivity contribution in [2.45, 2.75) is 25.9 Å². The Morgan fingerprint density at radius 1 is 1.00 bits per heavy atom. The van der Waals surface area contributed by atoms with Crippen LogP contribution in [0.4, 0.5) is 0 Å². The van der Waals surface area contributed by atoms with Gasteiger partial charge in [0.05, 0.1) is 23.7 Å². The third kappa shape index (κ3) is 2.93. The van der Waals surface area contributed by atoms with Gasteiger partial charge in [0.1, 0.15) is 0 Å². The zero-order valence-corrected chi connectivity index (χ0v) is 17.3. The molecule has 4 aromatic rings. The van der Waals surface area contributed by atoms with Crippen LogP contribution >= 0.6 is 0 Å². The number of fused-ring (bicyclic) bond motifs is 2. The van der Waals surface area contributed by atoms with Crippen LogP contribution < -0.4 is 5.11 Å². The van der Waals surface area contributed by atoms with Crippen molar-refractivity contribution in [3.63, 3.8) is 0 Å². The van der Waals surface area contributed by atoms with Crippen molar-refractivity contribution >= 4 is 22.8 Å². The van der Waals surface area contributed by atoms with Gasteiger partial charge in [-0.1, -0.05) is 66.2 Å². The molecule has 1 N–H and O–H groups in total. The Labute approximate surface area is 179 Å². The first-order valence-electron chi connectivity index (χ1n) is 10.3. The molecule has 1 aliphatic heterocycles. The molecule has 0 saturated carbocycles. The molecule has 0 unspecified atom stereocenters. The average Bonchev–Trinajstić information content (AvgIpc) is 3.29. The highest BCUT2D eigenvalue weighted by atomic mass is 16.4. The summed E-state index contributed by atoms with van der Waals surface area (Å²) in [7, 11) is 0. The number of aromatic nitrogens is 1. The molecular formula is C26H21N2O3-. The summed E-state index contributed by atoms with van der Waals surface area (Å²) in [5, 5.41) is 12.8. The van der Waals surface area contributed by atoms with Crippen molar-refractivity contribution in [3.8, 4) is 11.3 Å². The number of carboxylic acids is 1. The van der Waals surface area contributed by atoms with Crippen LogP contribution in [0.2, 0.25) is 0 Å². The normalized spacial score (nSPS) is 16.5. The van der Waals surface area contributed by atoms with Gasteiger partial charge in [0, 0.05) is 22.0 Å². The number of amides is 1. The summed E-state index contributed by atoms with van der Waals surface area (Å²) in [6.07, 6.45) is 0. The zero-order chi connectivity index (χ0) is 21.7. The van der Waals surface area contributed by atoms with Gasteiger partial charge in [-0.05, 0) is 37.1 Å². The minimum absolute atomic E-state index is 0.294. The molecule has 3 aromatic carbocycles. The molecule has 0 bridgehead atoms. The van der Waals surface area contributed by atoms with Crippen LogP contribution in [0, 0.1) is 6.92 Å². The Morgan fingerprint density at radius 3 is 2.42 bits per heavy atom. The maximum atomic E-state index is 13.3. The average molecular weight is 409 g/mol. The molecule has 0 aliphatic carbocycles. The molecule has 0 fully saturated rings. The Kier molecular flexibility index (Phi) is 4.40. The van der Waals surface area contributed by atoms with Crippen molar-refractivity contribution in [2.24, 2.45) is 0 Å². The summed E-state index contributed by atoms with van der Waals surface area (Å²) in [5.41, 5.74) is 6.17. The molecule has 2 atom stereocenters. The molecule has 1 aliphatic rings. The molecule has 1 aromatic heterocycles. The molecule has 154 valence electrons. The van der Waals surface area contributed by atoms with Crippen LogP contribution in [-0.4, -0.2) is 27.8 Å². The topological polar surface area (TPSA) is 76.2 Å². The minimum atomic E-state index is -1.28. The molecule has 0 spiro atoms. The van der Waals surface area contributed by atoms with Gasteiger partial charge in [-0.2, -0.15) is 0 Å². The van der Waals surface area contributed by atoms with Crippen molar-refractivity contribution in [1.82, 2.24) is 9.88 Å². The highest BCUT2D eigenvalue weighted by molar-refractivity contribution is 6.03. The van der Waals surface area contributed by atoms with Crippen LogP contribution in [-0.2, 0) is 4.79 Å². The van der Waals surface area contributed by atoms with Gasteiger partial charge < -0.3 is 19.8 Å². The van der Waals surface area contributed by atoms with Gasteiger partial charge in [0.25, 0.3) is 5.91 Å². The van der Waals surface area contributed by atoms with Crippen molar-refractivity contribution in [2.75, 3.05) is 0 Å². The number of carbonyl (C=O) groups excluding carboxylic acids is 2. The summed E-state index contributed by atoms with van der Waals surface area (Å²) in [6, 6.07) is 21.8. The lowest BCUT2D eigenvalue weighted by Crippen LogP contribution is -2.48. The number of nitrogens with zero attached hydrogens (tertiary/aromatic N) is 1. The number of aromatic amines is 1. The summed E-state index contributed by atoms with van der Waals surface area (Å²) >= 11 is 0. The molecule has 0 saturated heterocycles. The van der Waals surface area contributed by atoms with Gasteiger partial charge >= 0.3 is 0 Å². The number of rotatable bonds is 4. The van der Waals surface area contributed by atoms with Gasteiger partial charge in [-0.25, -0.2) is 0 Å². The maximum absolute atomic E-state index is 13.3. The number of aryl methyl sites for hydroxylation is 1. The molecule has 5 nitrogen and oxygen atoms in total. The summed E-state index contributed by atoms with van der Waals surface area (Å²) in [6.45, 7) is 3.54. The van der Waals surface area contributed by atoms with Crippen LogP contribution in [0.15, 0.2) is 72.8 Å². The van der Waals surface area contributed by atoms with E-state index in [4.69, 9.17) is 0 Å². The third-order valence-corrected chi connectivity index (χ3v) is 6.12. The Bertz CT molecular complexity index is 1320. The largest absolute Gasteiger partial charge is 0.548 e. The van der Waals surface area contributed by atoms with E-state index in [2.05, 4.69) is 4.98 Å². The van der Waals surface area contributed by atoms with Crippen LogP contribution in [0.3, 0.4) is 0 Å². The number of carbonyl (C=O) groups is 2. The molecule has 2 heterocycles. The monoisotopic (exact) mass is 409 g/mol. The minimum Gasteiger partial charge on any atom is -0.548 e. The lowest BCUT2D eigenvalue weighted by Gasteiger charge is -2.32. The number of H-pyrrole nitrogens is 1. The highest BCUT2D eigenvalue weighted by Gasteiger charge is 2.42.